The van der Waals surface area contributed by atoms with Crippen LogP contribution >= 0.6 is 11.6 Å². The van der Waals surface area contributed by atoms with Crippen LogP contribution in [-0.4, -0.2) is 17.1 Å². The number of hydrogen-bond donors (Lipinski definition) is 0. The van der Waals surface area contributed by atoms with E-state index in [1.165, 1.54) is 16.8 Å². The van der Waals surface area contributed by atoms with Gasteiger partial charge in [0.25, 0.3) is 5.56 Å². The molecule has 0 fully saturated rings. The van der Waals surface area contributed by atoms with Gasteiger partial charge >= 0.3 is 5.97 Å². The molecule has 0 bridgehead atoms. The normalized spacial score (nSPS) is 9.93. The zero-order valence-electron chi connectivity index (χ0n) is 7.91. The molecular weight excluding hydrogens is 206 g/mol. The molecule has 0 aliphatic rings. The lowest BCUT2D eigenvalue weighted by atomic mass is 10.3. The molecule has 1 aromatic rings. The second-order valence-electron chi connectivity index (χ2n) is 2.70. The monoisotopic (exact) mass is 215 g/mol. The number of nitrogens with zero attached hydrogens (tertiary/aromatic N) is 1. The topological polar surface area (TPSA) is 48.3 Å². The van der Waals surface area contributed by atoms with E-state index < -0.39 is 5.97 Å². The Hall–Kier alpha value is -1.29. The molecular formula is C9H10ClNO3. The van der Waals surface area contributed by atoms with Crippen molar-refractivity contribution in [2.45, 2.75) is 6.92 Å². The lowest BCUT2D eigenvalue weighted by Crippen LogP contribution is -2.18. The minimum atomic E-state index is -0.520. The average Bonchev–Trinajstić information content (AvgIpc) is 2.11. The number of pyridine rings is 1. The molecule has 14 heavy (non-hydrogen) atoms. The summed E-state index contributed by atoms with van der Waals surface area (Å²) in [5.74, 6) is -0.520. The predicted molar refractivity (Wildman–Crippen MR) is 52.6 cm³/mol. The first kappa shape index (κ1) is 10.8. The molecule has 0 radical (unpaired) electrons. The van der Waals surface area contributed by atoms with Crippen molar-refractivity contribution < 1.29 is 9.53 Å². The van der Waals surface area contributed by atoms with E-state index >= 15 is 0 Å². The molecule has 0 N–H and O–H groups in total. The number of rotatable bonds is 2. The lowest BCUT2D eigenvalue weighted by Gasteiger charge is -2.05. The third-order valence-corrected chi connectivity index (χ3v) is 1.99. The van der Waals surface area contributed by atoms with E-state index in [1.54, 1.807) is 14.0 Å². The van der Waals surface area contributed by atoms with E-state index in [2.05, 4.69) is 0 Å². The Morgan fingerprint density at radius 2 is 2.29 bits per heavy atom. The van der Waals surface area contributed by atoms with Gasteiger partial charge in [0.05, 0.1) is 17.2 Å². The quantitative estimate of drug-likeness (QED) is 0.697. The van der Waals surface area contributed by atoms with Crippen LogP contribution in [0, 0.1) is 0 Å². The molecule has 1 aromatic heterocycles. The molecule has 0 amide bonds. The van der Waals surface area contributed by atoms with E-state index in [0.29, 0.717) is 0 Å². The summed E-state index contributed by atoms with van der Waals surface area (Å²) in [6.45, 7) is 1.98. The van der Waals surface area contributed by atoms with Crippen LogP contribution in [0.4, 0.5) is 0 Å². The van der Waals surface area contributed by atoms with Crippen LogP contribution in [0.5, 0.6) is 0 Å². The Morgan fingerprint density at radius 3 is 2.86 bits per heavy atom. The van der Waals surface area contributed by atoms with Crippen LogP contribution in [0.3, 0.4) is 0 Å². The fraction of sp³-hybridized carbons (Fsp3) is 0.333. The maximum Gasteiger partial charge on any atom is 0.341 e. The Kier molecular flexibility index (Phi) is 3.30. The fourth-order valence-electron chi connectivity index (χ4n) is 0.966. The van der Waals surface area contributed by atoms with Gasteiger partial charge in [-0.15, -0.1) is 0 Å². The average molecular weight is 216 g/mol. The number of ether oxygens (including phenoxy) is 1. The van der Waals surface area contributed by atoms with E-state index in [9.17, 15) is 9.59 Å². The highest BCUT2D eigenvalue weighted by molar-refractivity contribution is 6.33. The van der Waals surface area contributed by atoms with Crippen molar-refractivity contribution in [1.29, 1.82) is 0 Å². The molecule has 1 rings (SSSR count). The Labute approximate surface area is 86.1 Å². The van der Waals surface area contributed by atoms with Crippen LogP contribution in [0.2, 0.25) is 5.02 Å². The Balaban J connectivity index is 3.16. The number of carbonyl (C=O) groups excluding carboxylic acids is 1. The molecule has 0 aliphatic carbocycles. The molecule has 76 valence electrons. The number of hydrogen-bond acceptors (Lipinski definition) is 3. The number of halogens is 1. The molecule has 0 unspecified atom stereocenters. The van der Waals surface area contributed by atoms with Gasteiger partial charge < -0.3 is 9.30 Å². The van der Waals surface area contributed by atoms with Gasteiger partial charge in [0.2, 0.25) is 0 Å². The number of carbonyl (C=O) groups is 1. The Morgan fingerprint density at radius 1 is 1.64 bits per heavy atom. The van der Waals surface area contributed by atoms with Gasteiger partial charge in [0, 0.05) is 19.3 Å². The van der Waals surface area contributed by atoms with Crippen molar-refractivity contribution in [3.63, 3.8) is 0 Å². The third kappa shape index (κ3) is 2.14. The first-order valence-corrected chi connectivity index (χ1v) is 4.47. The molecule has 1 heterocycles. The maximum atomic E-state index is 11.3. The number of aromatic nitrogens is 1. The van der Waals surface area contributed by atoms with Crippen LogP contribution in [-0.2, 0) is 11.8 Å². The summed E-state index contributed by atoms with van der Waals surface area (Å²) in [5.41, 5.74) is -0.0568. The van der Waals surface area contributed by atoms with E-state index in [1.807, 2.05) is 0 Å². The summed E-state index contributed by atoms with van der Waals surface area (Å²) in [5, 5.41) is 0.117. The van der Waals surface area contributed by atoms with Crippen molar-refractivity contribution in [1.82, 2.24) is 4.57 Å². The Bertz CT molecular complexity index is 411. The van der Waals surface area contributed by atoms with Crippen LogP contribution < -0.4 is 5.56 Å². The molecule has 0 saturated carbocycles. The summed E-state index contributed by atoms with van der Waals surface area (Å²) < 4.78 is 6.04. The summed E-state index contributed by atoms with van der Waals surface area (Å²) >= 11 is 5.72. The number of esters is 1. The van der Waals surface area contributed by atoms with Crippen LogP contribution in [0.1, 0.15) is 17.3 Å². The minimum absolute atomic E-state index is 0.117. The zero-order chi connectivity index (χ0) is 10.7. The van der Waals surface area contributed by atoms with E-state index in [-0.39, 0.29) is 22.8 Å². The van der Waals surface area contributed by atoms with Crippen molar-refractivity contribution in [2.75, 3.05) is 6.61 Å². The predicted octanol–water partition coefficient (Wildman–Crippen LogP) is 1.22. The zero-order valence-corrected chi connectivity index (χ0v) is 8.67. The summed E-state index contributed by atoms with van der Waals surface area (Å²) in [6, 6.07) is 1.19. The van der Waals surface area contributed by atoms with Crippen molar-refractivity contribution >= 4 is 17.6 Å². The highest BCUT2D eigenvalue weighted by atomic mass is 35.5. The van der Waals surface area contributed by atoms with Gasteiger partial charge in [-0.3, -0.25) is 4.79 Å². The minimum Gasteiger partial charge on any atom is -0.462 e. The lowest BCUT2D eigenvalue weighted by molar-refractivity contribution is 0.0525. The van der Waals surface area contributed by atoms with Gasteiger partial charge in [-0.25, -0.2) is 4.79 Å². The van der Waals surface area contributed by atoms with Gasteiger partial charge in [-0.2, -0.15) is 0 Å². The number of aryl methyl sites for hydroxylation is 1. The smallest absolute Gasteiger partial charge is 0.341 e. The van der Waals surface area contributed by atoms with Gasteiger partial charge in [0.15, 0.2) is 0 Å². The van der Waals surface area contributed by atoms with Gasteiger partial charge in [-0.1, -0.05) is 11.6 Å². The highest BCUT2D eigenvalue weighted by Crippen LogP contribution is 2.13. The largest absolute Gasteiger partial charge is 0.462 e. The maximum absolute atomic E-state index is 11.3. The molecule has 0 atom stereocenters. The molecule has 0 aliphatic heterocycles. The molecule has 0 spiro atoms. The molecule has 0 saturated heterocycles. The molecule has 4 nitrogen and oxygen atoms in total. The summed E-state index contributed by atoms with van der Waals surface area (Å²) in [6.07, 6.45) is 1.36. The van der Waals surface area contributed by atoms with Crippen LogP contribution in [0.15, 0.2) is 17.1 Å². The molecule has 5 heteroatoms. The van der Waals surface area contributed by atoms with Gasteiger partial charge in [-0.05, 0) is 6.92 Å². The highest BCUT2D eigenvalue weighted by Gasteiger charge is 2.12. The summed E-state index contributed by atoms with van der Waals surface area (Å²) in [4.78, 5) is 22.4. The van der Waals surface area contributed by atoms with E-state index in [4.69, 9.17) is 16.3 Å². The fourth-order valence-corrected chi connectivity index (χ4v) is 1.19. The first-order valence-electron chi connectivity index (χ1n) is 4.09. The SMILES string of the molecule is CCOC(=O)c1cn(C)c(=O)cc1Cl. The second-order valence-corrected chi connectivity index (χ2v) is 3.11. The van der Waals surface area contributed by atoms with Crippen molar-refractivity contribution in [2.24, 2.45) is 7.05 Å². The standard InChI is InChI=1S/C9H10ClNO3/c1-3-14-9(13)6-5-11(2)8(12)4-7(6)10/h4-5H,3H2,1-2H3. The second kappa shape index (κ2) is 4.28. The van der Waals surface area contributed by atoms with Crippen molar-refractivity contribution in [3.8, 4) is 0 Å². The van der Waals surface area contributed by atoms with E-state index in [0.717, 1.165) is 0 Å². The van der Waals surface area contributed by atoms with Crippen LogP contribution in [0.25, 0.3) is 0 Å². The first-order chi connectivity index (χ1) is 6.56. The third-order valence-electron chi connectivity index (χ3n) is 1.67. The summed E-state index contributed by atoms with van der Waals surface area (Å²) in [7, 11) is 1.54. The van der Waals surface area contributed by atoms with Crippen molar-refractivity contribution in [3.05, 3.63) is 33.2 Å². The van der Waals surface area contributed by atoms with Gasteiger partial charge in [0.1, 0.15) is 0 Å². The molecule has 0 aromatic carbocycles.